The maximum Gasteiger partial charge on any atom is 0.0713 e. The summed E-state index contributed by atoms with van der Waals surface area (Å²) in [5.41, 5.74) is 7.80. The summed E-state index contributed by atoms with van der Waals surface area (Å²) in [5.74, 6) is 0. The Balaban J connectivity index is 1.98. The molecule has 0 atom stereocenters. The van der Waals surface area contributed by atoms with Gasteiger partial charge in [-0.3, -0.25) is 0 Å². The van der Waals surface area contributed by atoms with Gasteiger partial charge in [-0.2, -0.15) is 0 Å². The van der Waals surface area contributed by atoms with Crippen LogP contribution in [0.15, 0.2) is 103 Å². The average Bonchev–Trinajstić information content (AvgIpc) is 3.00. The van der Waals surface area contributed by atoms with E-state index in [1.165, 1.54) is 37.0 Å². The monoisotopic (exact) mass is 444 g/mol. The van der Waals surface area contributed by atoms with Gasteiger partial charge in [0.15, 0.2) is 0 Å². The molecule has 0 saturated carbocycles. The van der Waals surface area contributed by atoms with Gasteiger partial charge in [-0.15, -0.1) is 0 Å². The van der Waals surface area contributed by atoms with E-state index >= 15 is 0 Å². The molecule has 1 aliphatic rings. The zero-order valence-corrected chi connectivity index (χ0v) is 16.4. The molecule has 0 fully saturated rings. The first-order valence-corrected chi connectivity index (χ1v) is 9.90. The summed E-state index contributed by atoms with van der Waals surface area (Å²) >= 11 is 2.41. The van der Waals surface area contributed by atoms with E-state index in [0.717, 1.165) is 0 Å². The third-order valence-corrected chi connectivity index (χ3v) is 6.09. The zero-order chi connectivity index (χ0) is 17.6. The molecule has 0 aromatic heterocycles. The molecule has 1 aliphatic carbocycles. The summed E-state index contributed by atoms with van der Waals surface area (Å²) in [6.45, 7) is 0. The quantitative estimate of drug-likeness (QED) is 0.267. The Morgan fingerprint density at radius 2 is 1.04 bits per heavy atom. The summed E-state index contributed by atoms with van der Waals surface area (Å²) in [5, 5.41) is 0. The van der Waals surface area contributed by atoms with Crippen LogP contribution in [-0.2, 0) is 5.41 Å². The van der Waals surface area contributed by atoms with Crippen molar-refractivity contribution in [3.8, 4) is 11.1 Å². The van der Waals surface area contributed by atoms with Crippen molar-refractivity contribution in [3.05, 3.63) is 129 Å². The van der Waals surface area contributed by atoms with E-state index in [4.69, 9.17) is 0 Å². The minimum absolute atomic E-state index is 0.265. The van der Waals surface area contributed by atoms with Crippen molar-refractivity contribution >= 4 is 22.6 Å². The molecular formula is C25H17I. The Hall–Kier alpha value is -2.39. The molecule has 0 saturated heterocycles. The molecule has 0 N–H and O–H groups in total. The lowest BCUT2D eigenvalue weighted by Gasteiger charge is -2.33. The molecule has 0 radical (unpaired) electrons. The molecule has 1 heteroatoms. The molecular weight excluding hydrogens is 427 g/mol. The first-order chi connectivity index (χ1) is 12.8. The van der Waals surface area contributed by atoms with E-state index in [1.54, 1.807) is 0 Å². The summed E-state index contributed by atoms with van der Waals surface area (Å²) < 4.78 is 1.27. The number of fused-ring (bicyclic) bond motifs is 3. The van der Waals surface area contributed by atoms with Crippen LogP contribution in [0.25, 0.3) is 11.1 Å². The number of hydrogen-bond donors (Lipinski definition) is 0. The van der Waals surface area contributed by atoms with Crippen LogP contribution in [0, 0.1) is 3.57 Å². The molecule has 0 aliphatic heterocycles. The standard InChI is InChI=1S/C25H17I/c26-20-15-16-24-22(17-20)21-13-7-8-14-23(21)25(24,18-9-3-1-4-10-18)19-11-5-2-6-12-19/h1-17H. The van der Waals surface area contributed by atoms with Gasteiger partial charge >= 0.3 is 0 Å². The van der Waals surface area contributed by atoms with Gasteiger partial charge in [-0.05, 0) is 68.1 Å². The largest absolute Gasteiger partial charge is 0.0713 e. The zero-order valence-electron chi connectivity index (χ0n) is 14.2. The molecule has 0 bridgehead atoms. The van der Waals surface area contributed by atoms with Crippen LogP contribution in [0.1, 0.15) is 22.3 Å². The van der Waals surface area contributed by atoms with Crippen molar-refractivity contribution in [2.75, 3.05) is 0 Å². The normalized spacial score (nSPS) is 13.9. The second kappa shape index (κ2) is 6.10. The van der Waals surface area contributed by atoms with E-state index in [2.05, 4.69) is 126 Å². The fourth-order valence-electron chi connectivity index (χ4n) is 4.42. The Labute approximate surface area is 167 Å². The topological polar surface area (TPSA) is 0 Å². The molecule has 5 rings (SSSR count). The molecule has 26 heavy (non-hydrogen) atoms. The molecule has 0 heterocycles. The van der Waals surface area contributed by atoms with Gasteiger partial charge in [-0.25, -0.2) is 0 Å². The fourth-order valence-corrected chi connectivity index (χ4v) is 4.91. The van der Waals surface area contributed by atoms with Gasteiger partial charge in [0, 0.05) is 3.57 Å². The van der Waals surface area contributed by atoms with Crippen LogP contribution >= 0.6 is 22.6 Å². The predicted molar refractivity (Wildman–Crippen MR) is 116 cm³/mol. The highest BCUT2D eigenvalue weighted by Crippen LogP contribution is 2.56. The summed E-state index contributed by atoms with van der Waals surface area (Å²) in [6, 6.07) is 37.6. The summed E-state index contributed by atoms with van der Waals surface area (Å²) in [6.07, 6.45) is 0. The molecule has 0 nitrogen and oxygen atoms in total. The van der Waals surface area contributed by atoms with Gasteiger partial charge in [0.25, 0.3) is 0 Å². The molecule has 4 aromatic rings. The molecule has 0 unspecified atom stereocenters. The number of benzene rings is 4. The van der Waals surface area contributed by atoms with Gasteiger partial charge in [0.2, 0.25) is 0 Å². The highest BCUT2D eigenvalue weighted by atomic mass is 127. The van der Waals surface area contributed by atoms with Crippen LogP contribution in [0.2, 0.25) is 0 Å². The Morgan fingerprint density at radius 1 is 0.500 bits per heavy atom. The maximum absolute atomic E-state index is 2.41. The van der Waals surface area contributed by atoms with Crippen LogP contribution in [0.5, 0.6) is 0 Å². The van der Waals surface area contributed by atoms with Crippen LogP contribution in [0.4, 0.5) is 0 Å². The third-order valence-electron chi connectivity index (χ3n) is 5.42. The number of rotatable bonds is 2. The highest BCUT2D eigenvalue weighted by molar-refractivity contribution is 14.1. The first-order valence-electron chi connectivity index (χ1n) is 8.83. The van der Waals surface area contributed by atoms with E-state index in [0.29, 0.717) is 0 Å². The minimum Gasteiger partial charge on any atom is -0.0622 e. The van der Waals surface area contributed by atoms with Gasteiger partial charge < -0.3 is 0 Å². The van der Waals surface area contributed by atoms with Crippen molar-refractivity contribution in [1.29, 1.82) is 0 Å². The van der Waals surface area contributed by atoms with Crippen molar-refractivity contribution in [2.45, 2.75) is 5.41 Å². The van der Waals surface area contributed by atoms with Crippen molar-refractivity contribution in [3.63, 3.8) is 0 Å². The van der Waals surface area contributed by atoms with Crippen molar-refractivity contribution in [2.24, 2.45) is 0 Å². The lowest BCUT2D eigenvalue weighted by molar-refractivity contribution is 0.768. The SMILES string of the molecule is Ic1ccc2c(c1)-c1ccccc1C2(c1ccccc1)c1ccccc1. The van der Waals surface area contributed by atoms with Gasteiger partial charge in [0.1, 0.15) is 0 Å². The van der Waals surface area contributed by atoms with Crippen molar-refractivity contribution in [1.82, 2.24) is 0 Å². The van der Waals surface area contributed by atoms with Crippen LogP contribution in [0.3, 0.4) is 0 Å². The molecule has 0 spiro atoms. The second-order valence-electron chi connectivity index (χ2n) is 6.72. The molecule has 124 valence electrons. The van der Waals surface area contributed by atoms with E-state index in [9.17, 15) is 0 Å². The predicted octanol–water partition coefficient (Wildman–Crippen LogP) is 6.65. The van der Waals surface area contributed by atoms with Crippen LogP contribution < -0.4 is 0 Å². The first kappa shape index (κ1) is 15.8. The third kappa shape index (κ3) is 2.13. The fraction of sp³-hybridized carbons (Fsp3) is 0.0400. The summed E-state index contributed by atoms with van der Waals surface area (Å²) in [7, 11) is 0. The molecule has 0 amide bonds. The minimum atomic E-state index is -0.265. The van der Waals surface area contributed by atoms with Crippen LogP contribution in [-0.4, -0.2) is 0 Å². The van der Waals surface area contributed by atoms with E-state index in [-0.39, 0.29) is 5.41 Å². The Kier molecular flexibility index (Phi) is 3.71. The lowest BCUT2D eigenvalue weighted by Crippen LogP contribution is -2.28. The maximum atomic E-state index is 2.41. The highest BCUT2D eigenvalue weighted by Gasteiger charge is 2.45. The number of hydrogen-bond acceptors (Lipinski definition) is 0. The molecule has 4 aromatic carbocycles. The van der Waals surface area contributed by atoms with E-state index in [1.807, 2.05) is 0 Å². The smallest absolute Gasteiger partial charge is 0.0622 e. The Bertz CT molecular complexity index is 1040. The van der Waals surface area contributed by atoms with Gasteiger partial charge in [0.05, 0.1) is 5.41 Å². The summed E-state index contributed by atoms with van der Waals surface area (Å²) in [4.78, 5) is 0. The second-order valence-corrected chi connectivity index (χ2v) is 7.96. The average molecular weight is 444 g/mol. The number of halogens is 1. The lowest BCUT2D eigenvalue weighted by atomic mass is 9.68. The van der Waals surface area contributed by atoms with Gasteiger partial charge in [-0.1, -0.05) is 91.0 Å². The van der Waals surface area contributed by atoms with E-state index < -0.39 is 0 Å². The Morgan fingerprint density at radius 3 is 1.69 bits per heavy atom. The van der Waals surface area contributed by atoms with Crippen molar-refractivity contribution < 1.29 is 0 Å².